The number of nitriles is 1. The molecule has 2 aliphatic heterocycles. The van der Waals surface area contributed by atoms with Crippen LogP contribution in [-0.4, -0.2) is 91.3 Å². The van der Waals surface area contributed by atoms with Crippen molar-refractivity contribution < 1.29 is 22.7 Å². The lowest BCUT2D eigenvalue weighted by Crippen LogP contribution is -2.55. The lowest BCUT2D eigenvalue weighted by atomic mass is 9.67. The molecular formula is C34H37ClF3N7O2. The zero-order valence-corrected chi connectivity index (χ0v) is 27.2. The van der Waals surface area contributed by atoms with Crippen LogP contribution in [0.5, 0.6) is 6.01 Å². The monoisotopic (exact) mass is 667 g/mol. The van der Waals surface area contributed by atoms with Gasteiger partial charge in [-0.1, -0.05) is 36.4 Å². The Morgan fingerprint density at radius 1 is 1.19 bits per heavy atom. The molecule has 13 heteroatoms. The molecule has 1 saturated heterocycles. The van der Waals surface area contributed by atoms with Crippen LogP contribution in [0.25, 0.3) is 10.8 Å². The quantitative estimate of drug-likeness (QED) is 0.278. The molecule has 0 radical (unpaired) electrons. The van der Waals surface area contributed by atoms with Crippen molar-refractivity contribution in [2.24, 2.45) is 5.41 Å². The molecule has 2 aromatic carbocycles. The predicted octanol–water partition coefficient (Wildman–Crippen LogP) is 5.46. The number of hydrogen-bond acceptors (Lipinski definition) is 8. The molecule has 1 saturated carbocycles. The Morgan fingerprint density at radius 3 is 2.68 bits per heavy atom. The van der Waals surface area contributed by atoms with Crippen LogP contribution >= 0.6 is 11.6 Å². The summed E-state index contributed by atoms with van der Waals surface area (Å²) in [4.78, 5) is 29.7. The number of alkyl halides is 1. The maximum Gasteiger partial charge on any atom is 0.318 e. The standard InChI is InChI=1S/C34H37ClF3N7O2/c1-21(36)32(46)45-14-13-44(17-24(45)9-11-39)31-25-10-12-43(28-6-4-5-22-7-8-26(38)30(35)29(22)28)18-27(25)40-33(41-31)47-20-34(19-42(2)3)15-23(37)16-34/h4-8,23-24H,1,9-10,12-20H2,2-3H3/t23?,24-,34?/m0/s1. The summed E-state index contributed by atoms with van der Waals surface area (Å²) >= 11 is 6.48. The molecule has 1 aliphatic carbocycles. The molecule has 3 aliphatic rings. The van der Waals surface area contributed by atoms with Gasteiger partial charge in [-0.2, -0.15) is 15.2 Å². The zero-order chi connectivity index (χ0) is 33.5. The summed E-state index contributed by atoms with van der Waals surface area (Å²) in [7, 11) is 3.89. The fourth-order valence-electron chi connectivity index (χ4n) is 7.29. The second-order valence-corrected chi connectivity index (χ2v) is 13.4. The average Bonchev–Trinajstić information content (AvgIpc) is 3.03. The highest BCUT2D eigenvalue weighted by atomic mass is 35.5. The van der Waals surface area contributed by atoms with Crippen molar-refractivity contribution in [1.82, 2.24) is 19.8 Å². The summed E-state index contributed by atoms with van der Waals surface area (Å²) in [5, 5.41) is 11.0. The first-order chi connectivity index (χ1) is 22.5. The Balaban J connectivity index is 1.35. The maximum absolute atomic E-state index is 14.6. The highest BCUT2D eigenvalue weighted by molar-refractivity contribution is 6.36. The van der Waals surface area contributed by atoms with Gasteiger partial charge in [0.15, 0.2) is 5.83 Å². The molecule has 1 atom stereocenters. The number of carbonyl (C=O) groups is 1. The first-order valence-corrected chi connectivity index (χ1v) is 16.1. The first kappa shape index (κ1) is 32.8. The molecule has 3 heterocycles. The summed E-state index contributed by atoms with van der Waals surface area (Å²) in [6, 6.07) is 10.5. The number of ether oxygens (including phenoxy) is 1. The van der Waals surface area contributed by atoms with Gasteiger partial charge in [0.2, 0.25) is 0 Å². The smallest absolute Gasteiger partial charge is 0.318 e. The van der Waals surface area contributed by atoms with E-state index in [1.807, 2.05) is 42.1 Å². The largest absolute Gasteiger partial charge is 0.463 e. The van der Waals surface area contributed by atoms with Gasteiger partial charge in [-0.05, 0) is 50.9 Å². The van der Waals surface area contributed by atoms with Gasteiger partial charge in [0.1, 0.15) is 17.8 Å². The van der Waals surface area contributed by atoms with Gasteiger partial charge >= 0.3 is 6.01 Å². The molecule has 0 unspecified atom stereocenters. The normalized spacial score (nSPS) is 22.6. The Hall–Kier alpha value is -4.08. The number of amides is 1. The van der Waals surface area contributed by atoms with Crippen molar-refractivity contribution in [1.29, 1.82) is 5.26 Å². The minimum Gasteiger partial charge on any atom is -0.463 e. The predicted molar refractivity (Wildman–Crippen MR) is 175 cm³/mol. The summed E-state index contributed by atoms with van der Waals surface area (Å²) in [6.45, 7) is 5.77. The molecule has 248 valence electrons. The number of anilines is 2. The molecule has 2 fully saturated rings. The van der Waals surface area contributed by atoms with E-state index in [-0.39, 0.29) is 42.6 Å². The van der Waals surface area contributed by atoms with E-state index >= 15 is 0 Å². The van der Waals surface area contributed by atoms with Crippen LogP contribution in [0.4, 0.5) is 24.7 Å². The summed E-state index contributed by atoms with van der Waals surface area (Å²) in [6.07, 6.45) is 0.462. The number of piperazine rings is 1. The number of fused-ring (bicyclic) bond motifs is 2. The second kappa shape index (κ2) is 13.2. The van der Waals surface area contributed by atoms with E-state index in [2.05, 4.69) is 17.5 Å². The number of benzene rings is 2. The molecule has 1 aromatic heterocycles. The van der Waals surface area contributed by atoms with Gasteiger partial charge < -0.3 is 24.3 Å². The molecule has 47 heavy (non-hydrogen) atoms. The van der Waals surface area contributed by atoms with Crippen molar-refractivity contribution in [2.75, 3.05) is 63.2 Å². The number of nitrogens with zero attached hydrogens (tertiary/aromatic N) is 7. The highest BCUT2D eigenvalue weighted by Gasteiger charge is 2.46. The van der Waals surface area contributed by atoms with Gasteiger partial charge in [0.05, 0.1) is 42.4 Å². The number of halogens is 4. The van der Waals surface area contributed by atoms with Crippen LogP contribution in [0.3, 0.4) is 0 Å². The van der Waals surface area contributed by atoms with E-state index in [4.69, 9.17) is 26.3 Å². The van der Waals surface area contributed by atoms with Crippen molar-refractivity contribution in [3.63, 3.8) is 0 Å². The third-order valence-electron chi connectivity index (χ3n) is 9.35. The first-order valence-electron chi connectivity index (χ1n) is 15.7. The summed E-state index contributed by atoms with van der Waals surface area (Å²) < 4.78 is 48.8. The molecule has 0 bridgehead atoms. The van der Waals surface area contributed by atoms with Crippen LogP contribution in [0, 0.1) is 22.6 Å². The molecule has 9 nitrogen and oxygen atoms in total. The van der Waals surface area contributed by atoms with Gasteiger partial charge in [-0.15, -0.1) is 0 Å². The summed E-state index contributed by atoms with van der Waals surface area (Å²) in [5.41, 5.74) is 2.02. The number of carbonyl (C=O) groups excluding carboxylic acids is 1. The molecule has 3 aromatic rings. The zero-order valence-electron chi connectivity index (χ0n) is 26.5. The maximum atomic E-state index is 14.6. The van der Waals surface area contributed by atoms with Gasteiger partial charge in [-0.25, -0.2) is 13.2 Å². The average molecular weight is 668 g/mol. The van der Waals surface area contributed by atoms with Crippen molar-refractivity contribution >= 4 is 39.8 Å². The molecule has 0 N–H and O–H groups in total. The number of aromatic nitrogens is 2. The van der Waals surface area contributed by atoms with Crippen LogP contribution < -0.4 is 14.5 Å². The Kier molecular flexibility index (Phi) is 9.23. The Labute approximate surface area is 277 Å². The van der Waals surface area contributed by atoms with E-state index in [0.717, 1.165) is 16.6 Å². The minimum absolute atomic E-state index is 0.00970. The fourth-order valence-corrected chi connectivity index (χ4v) is 7.56. The molecule has 6 rings (SSSR count). The second-order valence-electron chi connectivity index (χ2n) is 13.1. The van der Waals surface area contributed by atoms with Crippen molar-refractivity contribution in [2.45, 2.75) is 44.4 Å². The third-order valence-corrected chi connectivity index (χ3v) is 9.72. The summed E-state index contributed by atoms with van der Waals surface area (Å²) in [5.74, 6) is -1.76. The lowest BCUT2D eigenvalue weighted by Gasteiger charge is -2.45. The van der Waals surface area contributed by atoms with Crippen LogP contribution in [-0.2, 0) is 17.8 Å². The fraction of sp³-hybridized carbons (Fsp3) is 0.471. The van der Waals surface area contributed by atoms with E-state index < -0.39 is 29.8 Å². The Morgan fingerprint density at radius 2 is 1.98 bits per heavy atom. The van der Waals surface area contributed by atoms with Crippen molar-refractivity contribution in [3.05, 3.63) is 64.8 Å². The van der Waals surface area contributed by atoms with Crippen LogP contribution in [0.1, 0.15) is 30.5 Å². The molecule has 0 spiro atoms. The Bertz CT molecular complexity index is 1740. The number of rotatable bonds is 9. The lowest BCUT2D eigenvalue weighted by molar-refractivity contribution is -0.131. The van der Waals surface area contributed by atoms with E-state index in [9.17, 15) is 23.2 Å². The number of hydrogen-bond donors (Lipinski definition) is 0. The van der Waals surface area contributed by atoms with Gasteiger partial charge in [0, 0.05) is 54.8 Å². The SMILES string of the molecule is C=C(F)C(=O)N1CCN(c2nc(OCC3(CN(C)C)CC(F)C3)nc3c2CCN(c2cccc4ccc(F)c(Cl)c24)C3)C[C@@H]1CC#N. The molecule has 1 amide bonds. The van der Waals surface area contributed by atoms with Gasteiger partial charge in [0.25, 0.3) is 5.91 Å². The van der Waals surface area contributed by atoms with E-state index in [1.165, 1.54) is 11.0 Å². The van der Waals surface area contributed by atoms with Gasteiger partial charge in [-0.3, -0.25) is 4.79 Å². The van der Waals surface area contributed by atoms with Crippen LogP contribution in [0.2, 0.25) is 5.02 Å². The minimum atomic E-state index is -1.07. The topological polar surface area (TPSA) is 88.8 Å². The third kappa shape index (κ3) is 6.56. The van der Waals surface area contributed by atoms with E-state index in [0.29, 0.717) is 62.3 Å². The highest BCUT2D eigenvalue weighted by Crippen LogP contribution is 2.44. The van der Waals surface area contributed by atoms with Crippen molar-refractivity contribution in [3.8, 4) is 12.1 Å². The van der Waals surface area contributed by atoms with E-state index in [1.54, 1.807) is 6.07 Å². The molecular weight excluding hydrogens is 631 g/mol. The van der Waals surface area contributed by atoms with Crippen LogP contribution in [0.15, 0.2) is 42.7 Å².